The molecule has 0 bridgehead atoms. The van der Waals surface area contributed by atoms with Crippen LogP contribution in [0.3, 0.4) is 0 Å². The third kappa shape index (κ3) is 7.48. The summed E-state index contributed by atoms with van der Waals surface area (Å²) in [4.78, 5) is 58.6. The van der Waals surface area contributed by atoms with Crippen LogP contribution in [-0.4, -0.2) is 77.1 Å². The van der Waals surface area contributed by atoms with Gasteiger partial charge in [0.15, 0.2) is 0 Å². The molecule has 1 fully saturated rings. The predicted molar refractivity (Wildman–Crippen MR) is 95.6 cm³/mol. The average Bonchev–Trinajstić information content (AvgIpc) is 3.17. The van der Waals surface area contributed by atoms with Gasteiger partial charge in [0.2, 0.25) is 23.6 Å². The zero-order chi connectivity index (χ0) is 21.3. The van der Waals surface area contributed by atoms with Gasteiger partial charge in [-0.25, -0.2) is 0 Å². The number of primary amides is 1. The maximum atomic E-state index is 12.5. The monoisotopic (exact) mass is 401 g/mol. The molecule has 4 atom stereocenters. The highest BCUT2D eigenvalue weighted by molar-refractivity contribution is 5.94. The maximum Gasteiger partial charge on any atom is 0.325 e. The van der Waals surface area contributed by atoms with E-state index in [2.05, 4.69) is 21.3 Å². The second-order valence-electron chi connectivity index (χ2n) is 6.53. The Balaban J connectivity index is 2.75. The zero-order valence-corrected chi connectivity index (χ0v) is 15.6. The lowest BCUT2D eigenvalue weighted by atomic mass is 10.1. The summed E-state index contributed by atoms with van der Waals surface area (Å²) in [6, 6.07) is -4.26. The molecule has 1 saturated heterocycles. The van der Waals surface area contributed by atoms with E-state index in [9.17, 15) is 29.1 Å². The Morgan fingerprint density at radius 3 is 2.25 bits per heavy atom. The minimum absolute atomic E-state index is 0.0923. The first-order valence-corrected chi connectivity index (χ1v) is 8.92. The molecule has 12 heteroatoms. The van der Waals surface area contributed by atoms with Gasteiger partial charge in [0, 0.05) is 6.42 Å². The number of hydrogen-bond acceptors (Lipinski definition) is 7. The summed E-state index contributed by atoms with van der Waals surface area (Å²) in [6.45, 7) is 1.11. The van der Waals surface area contributed by atoms with Crippen molar-refractivity contribution in [3.05, 3.63) is 0 Å². The van der Waals surface area contributed by atoms with E-state index < -0.39 is 60.4 Å². The zero-order valence-electron chi connectivity index (χ0n) is 15.6. The number of carbonyl (C=O) groups excluding carboxylic acids is 4. The van der Waals surface area contributed by atoms with Gasteiger partial charge >= 0.3 is 5.97 Å². The van der Waals surface area contributed by atoms with Crippen LogP contribution in [0, 0.1) is 0 Å². The van der Waals surface area contributed by atoms with Crippen LogP contribution in [0.1, 0.15) is 32.6 Å². The predicted octanol–water partition coefficient (Wildman–Crippen LogP) is -3.44. The van der Waals surface area contributed by atoms with Gasteiger partial charge in [-0.2, -0.15) is 0 Å². The smallest absolute Gasteiger partial charge is 0.325 e. The van der Waals surface area contributed by atoms with Crippen LogP contribution < -0.4 is 27.0 Å². The van der Waals surface area contributed by atoms with E-state index in [-0.39, 0.29) is 12.8 Å². The maximum absolute atomic E-state index is 12.5. The van der Waals surface area contributed by atoms with Crippen LogP contribution in [0.15, 0.2) is 0 Å². The van der Waals surface area contributed by atoms with Crippen molar-refractivity contribution in [2.75, 3.05) is 13.2 Å². The van der Waals surface area contributed by atoms with E-state index in [0.717, 1.165) is 6.42 Å². The van der Waals surface area contributed by atoms with Gasteiger partial charge in [-0.05, 0) is 32.7 Å². The molecule has 1 aliphatic heterocycles. The van der Waals surface area contributed by atoms with Gasteiger partial charge in [0.05, 0.1) is 12.6 Å². The lowest BCUT2D eigenvalue weighted by molar-refractivity contribution is -0.142. The minimum atomic E-state index is -1.42. The molecule has 0 aliphatic carbocycles. The number of carboxylic acids is 1. The van der Waals surface area contributed by atoms with E-state index in [4.69, 9.17) is 10.8 Å². The van der Waals surface area contributed by atoms with E-state index in [1.54, 1.807) is 0 Å². The number of hydrogen-bond donors (Lipinski definition) is 7. The van der Waals surface area contributed by atoms with E-state index >= 15 is 0 Å². The first kappa shape index (κ1) is 23.3. The van der Waals surface area contributed by atoms with Crippen molar-refractivity contribution in [2.45, 2.75) is 56.8 Å². The molecule has 158 valence electrons. The number of carboxylic acid groups (broad SMARTS) is 1. The highest BCUT2D eigenvalue weighted by atomic mass is 16.4. The minimum Gasteiger partial charge on any atom is -0.480 e. The van der Waals surface area contributed by atoms with Crippen LogP contribution >= 0.6 is 0 Å². The summed E-state index contributed by atoms with van der Waals surface area (Å²) in [5.41, 5.74) is 5.10. The lowest BCUT2D eigenvalue weighted by Crippen LogP contribution is -2.57. The number of rotatable bonds is 11. The number of amides is 4. The van der Waals surface area contributed by atoms with Crippen LogP contribution in [0.5, 0.6) is 0 Å². The fraction of sp³-hybridized carbons (Fsp3) is 0.688. The quantitative estimate of drug-likeness (QED) is 0.185. The van der Waals surface area contributed by atoms with Gasteiger partial charge in [0.25, 0.3) is 0 Å². The van der Waals surface area contributed by atoms with Gasteiger partial charge in [0.1, 0.15) is 18.1 Å². The van der Waals surface area contributed by atoms with Gasteiger partial charge in [-0.3, -0.25) is 24.0 Å². The summed E-state index contributed by atoms with van der Waals surface area (Å²) in [5.74, 6) is -4.08. The molecule has 12 nitrogen and oxygen atoms in total. The average molecular weight is 401 g/mol. The highest BCUT2D eigenvalue weighted by Gasteiger charge is 2.30. The molecule has 28 heavy (non-hydrogen) atoms. The number of carbonyl (C=O) groups is 5. The Hall–Kier alpha value is -2.73. The Kier molecular flexibility index (Phi) is 9.32. The fourth-order valence-corrected chi connectivity index (χ4v) is 2.58. The molecule has 0 aromatic carbocycles. The summed E-state index contributed by atoms with van der Waals surface area (Å²) in [5, 5.41) is 28.0. The van der Waals surface area contributed by atoms with E-state index in [1.165, 1.54) is 6.92 Å². The molecule has 4 unspecified atom stereocenters. The van der Waals surface area contributed by atoms with E-state index in [1.807, 2.05) is 0 Å². The van der Waals surface area contributed by atoms with Crippen molar-refractivity contribution in [1.82, 2.24) is 21.3 Å². The van der Waals surface area contributed by atoms with Crippen LogP contribution in [-0.2, 0) is 24.0 Å². The normalized spacial score (nSPS) is 19.1. The molecule has 0 radical (unpaired) electrons. The number of nitrogens with two attached hydrogens (primary N) is 1. The number of aliphatic carboxylic acids is 1. The van der Waals surface area contributed by atoms with Crippen molar-refractivity contribution >= 4 is 29.6 Å². The molecular weight excluding hydrogens is 374 g/mol. The number of aliphatic hydroxyl groups is 1. The summed E-state index contributed by atoms with van der Waals surface area (Å²) >= 11 is 0. The van der Waals surface area contributed by atoms with Crippen molar-refractivity contribution in [1.29, 1.82) is 0 Å². The second-order valence-corrected chi connectivity index (χ2v) is 6.53. The Morgan fingerprint density at radius 2 is 1.75 bits per heavy atom. The van der Waals surface area contributed by atoms with Crippen LogP contribution in [0.25, 0.3) is 0 Å². The molecular formula is C16H27N5O7. The Bertz CT molecular complexity index is 606. The van der Waals surface area contributed by atoms with Gasteiger partial charge in [-0.15, -0.1) is 0 Å². The van der Waals surface area contributed by atoms with Gasteiger partial charge in [-0.1, -0.05) is 0 Å². The fourth-order valence-electron chi connectivity index (χ4n) is 2.58. The molecule has 0 aromatic rings. The summed E-state index contributed by atoms with van der Waals surface area (Å²) < 4.78 is 0. The first-order valence-electron chi connectivity index (χ1n) is 8.92. The molecule has 8 N–H and O–H groups in total. The third-order valence-corrected chi connectivity index (χ3v) is 4.23. The molecule has 4 amide bonds. The molecule has 0 aromatic heterocycles. The lowest BCUT2D eigenvalue weighted by Gasteiger charge is -2.23. The van der Waals surface area contributed by atoms with Gasteiger partial charge < -0.3 is 37.2 Å². The van der Waals surface area contributed by atoms with Crippen molar-refractivity contribution < 1.29 is 34.2 Å². The summed E-state index contributed by atoms with van der Waals surface area (Å²) in [6.07, 6.45) is 1.14. The number of nitrogens with one attached hydrogen (secondary N) is 4. The van der Waals surface area contributed by atoms with Crippen LogP contribution in [0.2, 0.25) is 0 Å². The molecule has 1 aliphatic rings. The topological polar surface area (TPSA) is 200 Å². The largest absolute Gasteiger partial charge is 0.480 e. The Labute approximate surface area is 161 Å². The first-order chi connectivity index (χ1) is 13.1. The van der Waals surface area contributed by atoms with Crippen molar-refractivity contribution in [2.24, 2.45) is 5.73 Å². The molecule has 0 saturated carbocycles. The SMILES string of the molecule is CC(NC(=O)C(CO)NC(=O)C(CCC(N)=O)NC(=O)C1CCCN1)C(=O)O. The molecule has 0 spiro atoms. The third-order valence-electron chi connectivity index (χ3n) is 4.23. The second kappa shape index (κ2) is 11.2. The molecule has 1 rings (SSSR count). The highest BCUT2D eigenvalue weighted by Crippen LogP contribution is 2.07. The Morgan fingerprint density at radius 1 is 1.11 bits per heavy atom. The standard InChI is InChI=1S/C16H27N5O7/c1-8(16(27)28)19-15(26)11(7-22)21-14(25)10(4-5-12(17)23)20-13(24)9-3-2-6-18-9/h8-11,18,22H,2-7H2,1H3,(H2,17,23)(H,19,26)(H,20,24)(H,21,25)(H,27,28). The number of aliphatic hydroxyl groups excluding tert-OH is 1. The molecule has 1 heterocycles. The van der Waals surface area contributed by atoms with Crippen molar-refractivity contribution in [3.63, 3.8) is 0 Å². The summed E-state index contributed by atoms with van der Waals surface area (Å²) in [7, 11) is 0. The van der Waals surface area contributed by atoms with Crippen molar-refractivity contribution in [3.8, 4) is 0 Å². The van der Waals surface area contributed by atoms with Crippen LogP contribution in [0.4, 0.5) is 0 Å². The van der Waals surface area contributed by atoms with E-state index in [0.29, 0.717) is 13.0 Å².